The third-order valence-electron chi connectivity index (χ3n) is 13.0. The van der Waals surface area contributed by atoms with Gasteiger partial charge in [0, 0.05) is 81.6 Å². The summed E-state index contributed by atoms with van der Waals surface area (Å²) in [6.45, 7) is -3.53. The van der Waals surface area contributed by atoms with Crippen molar-refractivity contribution in [3.05, 3.63) is 249 Å². The van der Waals surface area contributed by atoms with Crippen molar-refractivity contribution < 1.29 is 100.0 Å². The van der Waals surface area contributed by atoms with Crippen LogP contribution in [0, 0.1) is 23.7 Å². The number of methoxy groups -OCH3 is 2. The Balaban J connectivity index is 0.000000285. The Bertz CT molecular complexity index is 5540. The number of nitrogens with two attached hydrogens (primary N) is 2. The molecule has 10 rings (SSSR count). The van der Waals surface area contributed by atoms with Crippen LogP contribution in [0.25, 0.3) is 0 Å². The third-order valence-corrected chi connectivity index (χ3v) is 16.6. The molecule has 2 aliphatic heterocycles. The highest BCUT2D eigenvalue weighted by Gasteiger charge is 2.50. The highest BCUT2D eigenvalue weighted by atomic mass is 32.2. The molecule has 2 heterocycles. The van der Waals surface area contributed by atoms with Gasteiger partial charge in [-0.3, -0.25) is 47.0 Å². The molecule has 6 atom stereocenters. The lowest BCUT2D eigenvalue weighted by Crippen LogP contribution is -2.35. The summed E-state index contributed by atoms with van der Waals surface area (Å²) in [6, 6.07) is 2.07. The van der Waals surface area contributed by atoms with E-state index < -0.39 is 284 Å². The molecule has 0 aliphatic carbocycles. The highest BCUT2D eigenvalue weighted by Crippen LogP contribution is 2.42. The predicted octanol–water partition coefficient (Wildman–Crippen LogP) is 9.01. The SMILES string of the molecule is [2H]c1c([2H])c([2H])c(C#Cc2c([2H])c([2H])c([C@H]3N(c4cccc(C(N)=O)c4)C(=O)[C@@H](CC(=O)NC([2H])([2H])C([2H])([2H])c4ccc(OC([2H])([2H])[2H])c(OCC)c4)[S@@]3=O)c([2H])c2[2H])c([2H])c1[2H].[2H]c1c([2H])c([2H])c(C#Cc2c([2H])c([2H])c([C@H]3N(c4cccc(C(N)=O)c4)C(=O)[C@@H](CC(=O)NC([2H])([2H])C([2H])([2H])c4ccc(OC([2H])([2H])[2H])c(OCC)c4)[S@]3=O)c([2H])c2[2H])c([2H])c1[2H]. The van der Waals surface area contributed by atoms with Gasteiger partial charge in [-0.2, -0.15) is 0 Å². The van der Waals surface area contributed by atoms with E-state index in [0.717, 1.165) is 58.3 Å². The first kappa shape index (κ1) is 37.0. The lowest BCUT2D eigenvalue weighted by molar-refractivity contribution is -0.124. The van der Waals surface area contributed by atoms with E-state index in [0.29, 0.717) is 0 Å². The van der Waals surface area contributed by atoms with Crippen molar-refractivity contribution in [2.75, 3.05) is 50.1 Å². The Hall–Kier alpha value is -10.8. The fourth-order valence-electron chi connectivity index (χ4n) is 8.79. The molecule has 0 unspecified atom stereocenters. The maximum atomic E-state index is 14.5. The van der Waals surface area contributed by atoms with E-state index in [4.69, 9.17) is 74.3 Å². The molecule has 2 fully saturated rings. The van der Waals surface area contributed by atoms with Crippen LogP contribution in [0.4, 0.5) is 11.4 Å². The zero-order valence-corrected chi connectivity index (χ0v) is 50.6. The number of primary amides is 2. The Morgan fingerprint density at radius 3 is 1.24 bits per heavy atom. The Labute approximate surface area is 596 Å². The van der Waals surface area contributed by atoms with E-state index in [1.807, 2.05) is 10.6 Å². The molecule has 0 saturated carbocycles. The van der Waals surface area contributed by atoms with E-state index >= 15 is 0 Å². The second-order valence-corrected chi connectivity index (χ2v) is 22.4. The number of amides is 6. The standard InChI is InChI=1S/2C37H35N3O6S/c2*1-3-46-32-22-27(16-19-31(32)45-2)20-21-39-34(41)24-33-36(43)40(30-11-7-10-29(23-30)35(38)42)37(47(33)44)28-17-14-26(15-18-28)13-12-25-8-5-4-6-9-25/h2*4-11,14-19,22-23,33,37H,3,20-21,24H2,1-2H3,(H2,38,42)(H,39,41)/t33-,37+,47+;33-,37+,47-/m11/s1/i2*2D3,4D,5D,6D,8D,9D,14D,15D,17D,18D,20D2,21D2. The first-order valence-corrected chi connectivity index (χ1v) is 30.1. The van der Waals surface area contributed by atoms with Crippen LogP contribution in [0.5, 0.6) is 23.0 Å². The van der Waals surface area contributed by atoms with Crippen molar-refractivity contribution in [3.8, 4) is 46.7 Å². The van der Waals surface area contributed by atoms with Crippen LogP contribution in [0.1, 0.15) is 147 Å². The van der Waals surface area contributed by atoms with Crippen LogP contribution in [0.3, 0.4) is 0 Å². The molecular weight excluding hydrogens is 1230 g/mol. The molecule has 94 heavy (non-hydrogen) atoms. The van der Waals surface area contributed by atoms with E-state index in [-0.39, 0.29) is 58.7 Å². The molecule has 0 spiro atoms. The van der Waals surface area contributed by atoms with Gasteiger partial charge in [0.1, 0.15) is 21.2 Å². The van der Waals surface area contributed by atoms with Gasteiger partial charge in [0.25, 0.3) is 0 Å². The van der Waals surface area contributed by atoms with Crippen LogP contribution < -0.4 is 50.8 Å². The van der Waals surface area contributed by atoms with Gasteiger partial charge in [0.2, 0.25) is 35.4 Å². The monoisotopic (exact) mass is 1330 g/mol. The van der Waals surface area contributed by atoms with Gasteiger partial charge in [-0.15, -0.1) is 0 Å². The molecule has 6 amide bonds. The largest absolute Gasteiger partial charge is 0.493 e. The van der Waals surface area contributed by atoms with Crippen LogP contribution in [-0.2, 0) is 53.5 Å². The van der Waals surface area contributed by atoms with Gasteiger partial charge in [-0.25, -0.2) is 0 Å². The van der Waals surface area contributed by atoms with Crippen molar-refractivity contribution in [1.82, 2.24) is 10.6 Å². The minimum absolute atomic E-state index is 0.0233. The molecular formula is C74H70N6O12S2. The van der Waals surface area contributed by atoms with Gasteiger partial charge in [-0.05, 0) is 158 Å². The number of hydrogen-bond donors (Lipinski definition) is 4. The average molecular weight is 1330 g/mol. The Kier molecular flexibility index (Phi) is 12.8. The molecule has 2 aliphatic rings. The van der Waals surface area contributed by atoms with Crippen LogP contribution in [-0.4, -0.2) is 94.6 Å². The maximum absolute atomic E-state index is 14.5. The number of carbonyl (C=O) groups is 6. The molecule has 6 N–H and O–H groups in total. The maximum Gasteiger partial charge on any atom is 0.248 e. The smallest absolute Gasteiger partial charge is 0.248 e. The summed E-state index contributed by atoms with van der Waals surface area (Å²) < 4.78 is 313. The molecule has 8 aromatic rings. The van der Waals surface area contributed by atoms with E-state index in [1.165, 1.54) is 36.4 Å². The summed E-state index contributed by atoms with van der Waals surface area (Å²) in [5.74, 6) is 1.41. The van der Waals surface area contributed by atoms with Crippen LogP contribution in [0.15, 0.2) is 194 Å². The zero-order valence-electron chi connectivity index (χ0n) is 81.0. The summed E-state index contributed by atoms with van der Waals surface area (Å²) in [7, 11) is -11.2. The number of rotatable bonds is 22. The van der Waals surface area contributed by atoms with Gasteiger partial charge in [0.05, 0.1) is 81.8 Å². The van der Waals surface area contributed by atoms with Gasteiger partial charge >= 0.3 is 0 Å². The first-order valence-electron chi connectivity index (χ1n) is 43.5. The van der Waals surface area contributed by atoms with Crippen molar-refractivity contribution in [1.29, 1.82) is 0 Å². The Morgan fingerprint density at radius 2 is 0.894 bits per heavy atom. The molecule has 0 bridgehead atoms. The molecule has 2 saturated heterocycles. The second kappa shape index (κ2) is 32.5. The van der Waals surface area contributed by atoms with E-state index in [2.05, 4.69) is 23.7 Å². The van der Waals surface area contributed by atoms with Crippen LogP contribution >= 0.6 is 0 Å². The highest BCUT2D eigenvalue weighted by molar-refractivity contribution is 7.87. The number of ether oxygens (including phenoxy) is 4. The molecule has 0 radical (unpaired) electrons. The molecule has 20 heteroatoms. The first-order chi connectivity index (χ1) is 58.3. The quantitative estimate of drug-likeness (QED) is 0.0464. The number of benzene rings is 8. The topological polar surface area (TPSA) is 256 Å². The molecule has 480 valence electrons. The normalized spacial score (nSPS) is 22.8. The number of hydrogen-bond acceptors (Lipinski definition) is 12. The van der Waals surface area contributed by atoms with Crippen LogP contribution in [0.2, 0.25) is 0 Å². The predicted molar refractivity (Wildman–Crippen MR) is 363 cm³/mol. The van der Waals surface area contributed by atoms with Crippen molar-refractivity contribution in [2.45, 2.75) is 60.7 Å². The number of aryl methyl sites for hydroxylation is 2. The number of carbonyl (C=O) groups excluding carboxylic acids is 6. The molecule has 18 nitrogen and oxygen atoms in total. The summed E-state index contributed by atoms with van der Waals surface area (Å²) in [6.07, 6.45) is -8.33. The average Bonchev–Trinajstić information content (AvgIpc) is 1.57. The molecule has 8 aromatic carbocycles. The van der Waals surface area contributed by atoms with Gasteiger partial charge in [-0.1, -0.05) is 108 Å². The van der Waals surface area contributed by atoms with E-state index in [9.17, 15) is 37.2 Å². The van der Waals surface area contributed by atoms with Gasteiger partial charge in [0.15, 0.2) is 23.0 Å². The van der Waals surface area contributed by atoms with E-state index in [1.54, 1.807) is 13.8 Å². The lowest BCUT2D eigenvalue weighted by atomic mass is 10.1. The minimum Gasteiger partial charge on any atom is -0.493 e. The van der Waals surface area contributed by atoms with Crippen molar-refractivity contribution in [2.24, 2.45) is 11.5 Å². The van der Waals surface area contributed by atoms with Gasteiger partial charge < -0.3 is 41.0 Å². The second-order valence-electron chi connectivity index (χ2n) is 19.1. The van der Waals surface area contributed by atoms with Crippen molar-refractivity contribution in [3.63, 3.8) is 0 Å². The number of nitrogens with one attached hydrogen (secondary N) is 2. The Morgan fingerprint density at radius 1 is 0.521 bits per heavy atom. The minimum atomic E-state index is -3.28. The zero-order chi connectivity index (χ0) is 94.5. The summed E-state index contributed by atoms with van der Waals surface area (Å²) in [4.78, 5) is 81.5. The number of nitrogens with zero attached hydrogens (tertiary/aromatic N) is 2. The summed E-state index contributed by atoms with van der Waals surface area (Å²) in [5, 5.41) is -3.88. The summed E-state index contributed by atoms with van der Waals surface area (Å²) in [5.41, 5.74) is 5.92. The third kappa shape index (κ3) is 17.0. The fraction of sp³-hybridized carbons (Fsp3) is 0.216. The molecule has 0 aromatic heterocycles. The fourth-order valence-corrected chi connectivity index (χ4v) is 12.2. The summed E-state index contributed by atoms with van der Waals surface area (Å²) >= 11 is 0. The van der Waals surface area contributed by atoms with Crippen molar-refractivity contribution >= 4 is 68.4 Å². The number of anilines is 2. The lowest BCUT2D eigenvalue weighted by Gasteiger charge is -2.24.